The number of nitrogens with zero attached hydrogens (tertiary/aromatic N) is 4. The second-order valence-corrected chi connectivity index (χ2v) is 8.62. The zero-order chi connectivity index (χ0) is 23.5. The third-order valence-electron chi connectivity index (χ3n) is 5.79. The Bertz CT molecular complexity index is 1030. The van der Waals surface area contributed by atoms with E-state index < -0.39 is 10.9 Å². The summed E-state index contributed by atoms with van der Waals surface area (Å²) in [5, 5.41) is 28.4. The number of non-ortho nitro benzene ring substituents is 1. The smallest absolute Gasteiger partial charge is 0.303 e. The Hall–Kier alpha value is -3.49. The van der Waals surface area contributed by atoms with Crippen LogP contribution in [0.15, 0.2) is 46.6 Å². The quantitative estimate of drug-likeness (QED) is 0.307. The molecule has 0 fully saturated rings. The minimum absolute atomic E-state index is 0.00487. The van der Waals surface area contributed by atoms with Crippen LogP contribution in [0.3, 0.4) is 0 Å². The number of hydrogen-bond donors (Lipinski definition) is 1. The first-order chi connectivity index (χ1) is 15.1. The first-order valence-corrected chi connectivity index (χ1v) is 10.5. The summed E-state index contributed by atoms with van der Waals surface area (Å²) in [5.74, 6) is 0.0329. The Morgan fingerprint density at radius 2 is 1.97 bits per heavy atom. The molecule has 32 heavy (non-hydrogen) atoms. The maximum atomic E-state index is 11.0. The van der Waals surface area contributed by atoms with Crippen LogP contribution in [0.5, 0.6) is 5.75 Å². The maximum Gasteiger partial charge on any atom is 0.303 e. The number of aliphatic carboxylic acids is 1. The maximum absolute atomic E-state index is 11.0. The van der Waals surface area contributed by atoms with Gasteiger partial charge in [-0.2, -0.15) is 5.11 Å². The highest BCUT2D eigenvalue weighted by Gasteiger charge is 2.37. The van der Waals surface area contributed by atoms with Crippen molar-refractivity contribution < 1.29 is 19.6 Å². The van der Waals surface area contributed by atoms with Gasteiger partial charge in [-0.15, -0.1) is 5.11 Å². The van der Waals surface area contributed by atoms with Gasteiger partial charge in [0, 0.05) is 42.4 Å². The van der Waals surface area contributed by atoms with Gasteiger partial charge in [-0.3, -0.25) is 14.9 Å². The van der Waals surface area contributed by atoms with Gasteiger partial charge in [0.1, 0.15) is 11.4 Å². The van der Waals surface area contributed by atoms with E-state index in [9.17, 15) is 14.9 Å². The Kier molecular flexibility index (Phi) is 6.76. The fourth-order valence-corrected chi connectivity index (χ4v) is 4.30. The largest absolute Gasteiger partial charge is 0.494 e. The van der Waals surface area contributed by atoms with Crippen molar-refractivity contribution in [1.29, 1.82) is 0 Å². The molecule has 0 spiro atoms. The van der Waals surface area contributed by atoms with E-state index in [2.05, 4.69) is 35.9 Å². The molecule has 1 unspecified atom stereocenters. The predicted molar refractivity (Wildman–Crippen MR) is 122 cm³/mol. The fraction of sp³-hybridized carbons (Fsp3) is 0.435. The Balaban J connectivity index is 1.94. The molecule has 9 heteroatoms. The number of hydrogen-bond acceptors (Lipinski definition) is 7. The Labute approximate surface area is 186 Å². The van der Waals surface area contributed by atoms with Crippen LogP contribution >= 0.6 is 0 Å². The van der Waals surface area contributed by atoms with Crippen molar-refractivity contribution in [2.75, 3.05) is 18.6 Å². The van der Waals surface area contributed by atoms with Crippen molar-refractivity contribution in [3.05, 3.63) is 52.1 Å². The number of carboxylic acids is 1. The summed E-state index contributed by atoms with van der Waals surface area (Å²) in [6.45, 7) is 7.13. The molecule has 0 saturated heterocycles. The number of ether oxygens (including phenoxy) is 1. The molecule has 0 bridgehead atoms. The van der Waals surface area contributed by atoms with Crippen LogP contribution in [0.1, 0.15) is 51.5 Å². The summed E-state index contributed by atoms with van der Waals surface area (Å²) >= 11 is 0. The number of carboxylic acid groups (broad SMARTS) is 1. The van der Waals surface area contributed by atoms with E-state index >= 15 is 0 Å². The molecule has 1 atom stereocenters. The average Bonchev–Trinajstić information content (AvgIpc) is 2.73. The molecule has 1 N–H and O–H groups in total. The monoisotopic (exact) mass is 440 g/mol. The van der Waals surface area contributed by atoms with Gasteiger partial charge in [0.05, 0.1) is 17.7 Å². The number of rotatable bonds is 8. The second kappa shape index (κ2) is 9.33. The van der Waals surface area contributed by atoms with Crippen LogP contribution in [-0.4, -0.2) is 35.2 Å². The summed E-state index contributed by atoms with van der Waals surface area (Å²) in [4.78, 5) is 23.6. The summed E-state index contributed by atoms with van der Waals surface area (Å²) in [5.41, 5.74) is 3.07. The van der Waals surface area contributed by atoms with Gasteiger partial charge in [-0.1, -0.05) is 6.92 Å². The van der Waals surface area contributed by atoms with Crippen molar-refractivity contribution in [2.24, 2.45) is 10.2 Å². The molecular weight excluding hydrogens is 412 g/mol. The zero-order valence-electron chi connectivity index (χ0n) is 18.7. The molecule has 2 aromatic rings. The summed E-state index contributed by atoms with van der Waals surface area (Å²) in [6, 6.07) is 9.77. The van der Waals surface area contributed by atoms with Crippen molar-refractivity contribution in [3.8, 4) is 5.75 Å². The van der Waals surface area contributed by atoms with Gasteiger partial charge in [0.15, 0.2) is 0 Å². The third-order valence-corrected chi connectivity index (χ3v) is 5.79. The molecule has 0 amide bonds. The van der Waals surface area contributed by atoms with Crippen LogP contribution in [-0.2, 0) is 4.79 Å². The molecule has 0 aliphatic carbocycles. The van der Waals surface area contributed by atoms with Crippen molar-refractivity contribution in [3.63, 3.8) is 0 Å². The topological polar surface area (TPSA) is 118 Å². The third kappa shape index (κ3) is 5.04. The van der Waals surface area contributed by atoms with E-state index in [4.69, 9.17) is 9.84 Å². The van der Waals surface area contributed by atoms with Crippen LogP contribution in [0.2, 0.25) is 0 Å². The molecule has 0 aromatic heterocycles. The molecular formula is C23H28N4O5. The van der Waals surface area contributed by atoms with E-state index in [-0.39, 0.29) is 23.6 Å². The van der Waals surface area contributed by atoms with E-state index in [0.717, 1.165) is 17.7 Å². The van der Waals surface area contributed by atoms with E-state index in [1.165, 1.54) is 12.1 Å². The number of benzene rings is 2. The van der Waals surface area contributed by atoms with E-state index in [1.807, 2.05) is 12.1 Å². The zero-order valence-corrected chi connectivity index (χ0v) is 18.7. The van der Waals surface area contributed by atoms with Crippen molar-refractivity contribution in [2.45, 2.75) is 51.5 Å². The molecule has 1 aliphatic rings. The average molecular weight is 441 g/mol. The number of nitro groups is 1. The molecule has 9 nitrogen and oxygen atoms in total. The molecule has 0 saturated carbocycles. The Morgan fingerprint density at radius 3 is 2.56 bits per heavy atom. The Morgan fingerprint density at radius 1 is 1.28 bits per heavy atom. The van der Waals surface area contributed by atoms with E-state index in [1.54, 1.807) is 19.2 Å². The van der Waals surface area contributed by atoms with Crippen molar-refractivity contribution >= 4 is 28.7 Å². The minimum atomic E-state index is -0.798. The highest BCUT2D eigenvalue weighted by molar-refractivity contribution is 5.70. The SMILES string of the molecule is COc1cc2c(cc1N=Nc1ccc([N+](=O)[O-])cc1)C(C)CC(C)(C)N2CCCC(=O)O. The second-order valence-electron chi connectivity index (χ2n) is 8.62. The van der Waals surface area contributed by atoms with Crippen LogP contribution < -0.4 is 9.64 Å². The number of carbonyl (C=O) groups is 1. The number of anilines is 1. The molecule has 1 heterocycles. The molecule has 1 aliphatic heterocycles. The van der Waals surface area contributed by atoms with Crippen LogP contribution in [0.4, 0.5) is 22.7 Å². The first kappa shape index (κ1) is 23.2. The van der Waals surface area contributed by atoms with Gasteiger partial charge in [-0.25, -0.2) is 0 Å². The van der Waals surface area contributed by atoms with E-state index in [0.29, 0.717) is 30.1 Å². The number of fused-ring (bicyclic) bond motifs is 1. The van der Waals surface area contributed by atoms with Crippen LogP contribution in [0, 0.1) is 10.1 Å². The highest BCUT2D eigenvalue weighted by Crippen LogP contribution is 2.47. The van der Waals surface area contributed by atoms with Crippen molar-refractivity contribution in [1.82, 2.24) is 0 Å². The number of nitro benzene ring substituents is 1. The van der Waals surface area contributed by atoms with Crippen LogP contribution in [0.25, 0.3) is 0 Å². The lowest BCUT2D eigenvalue weighted by Gasteiger charge is -2.47. The van der Waals surface area contributed by atoms with Gasteiger partial charge in [0.2, 0.25) is 0 Å². The normalized spacial score (nSPS) is 17.2. The van der Waals surface area contributed by atoms with Gasteiger partial charge >= 0.3 is 5.97 Å². The lowest BCUT2D eigenvalue weighted by molar-refractivity contribution is -0.384. The lowest BCUT2D eigenvalue weighted by Crippen LogP contribution is -2.48. The minimum Gasteiger partial charge on any atom is -0.494 e. The highest BCUT2D eigenvalue weighted by atomic mass is 16.6. The number of methoxy groups -OCH3 is 1. The number of azo groups is 1. The molecule has 0 radical (unpaired) electrons. The lowest BCUT2D eigenvalue weighted by atomic mass is 9.79. The first-order valence-electron chi connectivity index (χ1n) is 10.5. The standard InChI is InChI=1S/C23H28N4O5/c1-15-14-23(2,3)26(11-5-6-22(28)29)20-13-21(32-4)19(12-18(15)20)25-24-16-7-9-17(10-8-16)27(30)31/h7-10,12-13,15H,5-6,11,14H2,1-4H3,(H,28,29). The summed E-state index contributed by atoms with van der Waals surface area (Å²) in [6.07, 6.45) is 1.59. The molecule has 2 aromatic carbocycles. The van der Waals surface area contributed by atoms with Gasteiger partial charge in [-0.05, 0) is 56.4 Å². The summed E-state index contributed by atoms with van der Waals surface area (Å²) in [7, 11) is 1.57. The molecule has 3 rings (SSSR count). The fourth-order valence-electron chi connectivity index (χ4n) is 4.30. The summed E-state index contributed by atoms with van der Waals surface area (Å²) < 4.78 is 5.58. The molecule has 170 valence electrons. The predicted octanol–water partition coefficient (Wildman–Crippen LogP) is 5.98. The van der Waals surface area contributed by atoms with Gasteiger partial charge in [0.25, 0.3) is 5.69 Å². The van der Waals surface area contributed by atoms with Gasteiger partial charge < -0.3 is 14.7 Å².